The second-order valence-electron chi connectivity index (χ2n) is 1.27. The monoisotopic (exact) mass is 145 g/mol. The van der Waals surface area contributed by atoms with Crippen LogP contribution in [0.3, 0.4) is 0 Å². The largest absolute Gasteiger partial charge is 3.00 e. The molecule has 1 N–H and O–H groups in total. The van der Waals surface area contributed by atoms with Crippen LogP contribution in [0.2, 0.25) is 0 Å². The van der Waals surface area contributed by atoms with E-state index in [1.54, 1.807) is 0 Å². The van der Waals surface area contributed by atoms with Crippen molar-refractivity contribution in [3.8, 4) is 0 Å². The van der Waals surface area contributed by atoms with Crippen molar-refractivity contribution in [1.82, 2.24) is 0 Å². The molecule has 0 saturated heterocycles. The molecule has 0 fully saturated rings. The number of aliphatic carboxylic acids is 1. The molecule has 4 nitrogen and oxygen atoms in total. The van der Waals surface area contributed by atoms with E-state index in [0.29, 0.717) is 0 Å². The first-order valence-electron chi connectivity index (χ1n) is 1.84. The second kappa shape index (κ2) is 7.63. The zero-order valence-electron chi connectivity index (χ0n) is 4.96. The molecule has 0 aliphatic heterocycles. The van der Waals surface area contributed by atoms with Crippen molar-refractivity contribution in [2.45, 2.75) is 13.3 Å². The molecule has 0 unspecified atom stereocenters. The minimum Gasteiger partial charge on any atom is -2.00 e. The molecule has 0 radical (unpaired) electrons. The van der Waals surface area contributed by atoms with Gasteiger partial charge in [0.15, 0.2) is 0 Å². The van der Waals surface area contributed by atoms with E-state index >= 15 is 0 Å². The zero-order chi connectivity index (χ0) is 5.86. The van der Waals surface area contributed by atoms with Gasteiger partial charge in [0, 0.05) is 0 Å². The number of carbonyl (C=O) groups excluding carboxylic acids is 1. The first-order chi connectivity index (χ1) is 3.13. The zero-order valence-corrected chi connectivity index (χ0v) is 6.11. The standard InChI is InChI=1S/C4H6O3.Al.O/c1-3(5)2-4(6)7;;/h2H2,1H3,(H,6,7);;/q;+3;-2. The molecule has 0 aliphatic carbocycles. The SMILES string of the molecule is CC(=O)CC(=O)O.[Al+3].[O-2]. The molecular formula is C4H6AlO4+. The van der Waals surface area contributed by atoms with Crippen molar-refractivity contribution in [3.05, 3.63) is 0 Å². The predicted molar refractivity (Wildman–Crippen MR) is 29.4 cm³/mol. The van der Waals surface area contributed by atoms with Gasteiger partial charge in [0.05, 0.1) is 0 Å². The van der Waals surface area contributed by atoms with Crippen molar-refractivity contribution in [2.75, 3.05) is 0 Å². The third kappa shape index (κ3) is 18.4. The van der Waals surface area contributed by atoms with Crippen molar-refractivity contribution in [3.63, 3.8) is 0 Å². The normalized spacial score (nSPS) is 6.33. The Hall–Kier alpha value is -0.368. The first kappa shape index (κ1) is 15.9. The Balaban J connectivity index is -0.000000180. The summed E-state index contributed by atoms with van der Waals surface area (Å²) in [5.74, 6) is -1.37. The third-order valence-electron chi connectivity index (χ3n) is 0.400. The number of carboxylic acid groups (broad SMARTS) is 1. The van der Waals surface area contributed by atoms with E-state index in [9.17, 15) is 9.59 Å². The van der Waals surface area contributed by atoms with E-state index in [0.717, 1.165) is 0 Å². The van der Waals surface area contributed by atoms with E-state index in [1.165, 1.54) is 6.92 Å². The van der Waals surface area contributed by atoms with Crippen LogP contribution in [0.15, 0.2) is 0 Å². The number of Topliss-reactive ketones (excluding diaryl/α,β-unsaturated/α-hetero) is 1. The van der Waals surface area contributed by atoms with E-state index in [-0.39, 0.29) is 35.0 Å². The number of ketones is 1. The molecule has 0 aromatic heterocycles. The van der Waals surface area contributed by atoms with Crippen LogP contribution in [0.4, 0.5) is 0 Å². The molecule has 9 heavy (non-hydrogen) atoms. The van der Waals surface area contributed by atoms with Gasteiger partial charge >= 0.3 is 23.3 Å². The molecule has 0 bridgehead atoms. The fourth-order valence-electron chi connectivity index (χ4n) is 0.213. The van der Waals surface area contributed by atoms with Gasteiger partial charge in [0.25, 0.3) is 0 Å². The molecule has 0 aromatic carbocycles. The van der Waals surface area contributed by atoms with Crippen LogP contribution in [-0.2, 0) is 15.1 Å². The Bertz CT molecular complexity index is 88.7. The summed E-state index contributed by atoms with van der Waals surface area (Å²) in [4.78, 5) is 19.5. The Morgan fingerprint density at radius 2 is 1.78 bits per heavy atom. The summed E-state index contributed by atoms with van der Waals surface area (Å²) in [6.07, 6.45) is -0.361. The van der Waals surface area contributed by atoms with Crippen LogP contribution < -0.4 is 0 Å². The van der Waals surface area contributed by atoms with E-state index < -0.39 is 5.97 Å². The molecule has 0 heterocycles. The van der Waals surface area contributed by atoms with Gasteiger partial charge in [0.2, 0.25) is 0 Å². The summed E-state index contributed by atoms with van der Waals surface area (Å²) >= 11 is 0. The molecule has 0 rings (SSSR count). The molecule has 0 amide bonds. The van der Waals surface area contributed by atoms with Gasteiger partial charge in [-0.15, -0.1) is 0 Å². The van der Waals surface area contributed by atoms with Crippen LogP contribution in [0, 0.1) is 0 Å². The third-order valence-corrected chi connectivity index (χ3v) is 0.400. The molecule has 0 aromatic rings. The number of carboxylic acids is 1. The van der Waals surface area contributed by atoms with Gasteiger partial charge in [-0.2, -0.15) is 0 Å². The second-order valence-corrected chi connectivity index (χ2v) is 1.27. The van der Waals surface area contributed by atoms with Crippen molar-refractivity contribution >= 4 is 29.1 Å². The number of rotatable bonds is 2. The summed E-state index contributed by atoms with van der Waals surface area (Å²) in [7, 11) is 0. The van der Waals surface area contributed by atoms with Gasteiger partial charge in [-0.3, -0.25) is 9.59 Å². The predicted octanol–water partition coefficient (Wildman–Crippen LogP) is -0.450. The fourth-order valence-corrected chi connectivity index (χ4v) is 0.213. The van der Waals surface area contributed by atoms with Crippen LogP contribution in [-0.4, -0.2) is 34.2 Å². The Labute approximate surface area is 63.3 Å². The van der Waals surface area contributed by atoms with Gasteiger partial charge in [-0.25, -0.2) is 0 Å². The Morgan fingerprint density at radius 3 is 1.78 bits per heavy atom. The first-order valence-corrected chi connectivity index (χ1v) is 1.84. The Kier molecular flexibility index (Phi) is 13.4. The summed E-state index contributed by atoms with van der Waals surface area (Å²) in [5.41, 5.74) is 0. The van der Waals surface area contributed by atoms with Gasteiger partial charge in [-0.1, -0.05) is 0 Å². The van der Waals surface area contributed by atoms with Crippen LogP contribution in [0.5, 0.6) is 0 Å². The number of carbonyl (C=O) groups is 2. The van der Waals surface area contributed by atoms with Gasteiger partial charge in [0.1, 0.15) is 12.2 Å². The molecule has 0 spiro atoms. The molecular weight excluding hydrogens is 139 g/mol. The van der Waals surface area contributed by atoms with Gasteiger partial charge < -0.3 is 10.6 Å². The fraction of sp³-hybridized carbons (Fsp3) is 0.500. The van der Waals surface area contributed by atoms with E-state index in [1.807, 2.05) is 0 Å². The van der Waals surface area contributed by atoms with Crippen LogP contribution in [0.1, 0.15) is 13.3 Å². The van der Waals surface area contributed by atoms with Crippen molar-refractivity contribution in [1.29, 1.82) is 0 Å². The van der Waals surface area contributed by atoms with Crippen molar-refractivity contribution < 1.29 is 20.2 Å². The van der Waals surface area contributed by atoms with Crippen molar-refractivity contribution in [2.24, 2.45) is 0 Å². The molecule has 0 atom stereocenters. The minimum atomic E-state index is -1.06. The maximum absolute atomic E-state index is 9.87. The van der Waals surface area contributed by atoms with Gasteiger partial charge in [-0.05, 0) is 6.92 Å². The quantitative estimate of drug-likeness (QED) is 0.422. The molecule has 5 heteroatoms. The number of hydrogen-bond acceptors (Lipinski definition) is 2. The average molecular weight is 145 g/mol. The summed E-state index contributed by atoms with van der Waals surface area (Å²) < 4.78 is 0. The summed E-state index contributed by atoms with van der Waals surface area (Å²) in [6, 6.07) is 0. The molecule has 48 valence electrons. The smallest absolute Gasteiger partial charge is 2.00 e. The topological polar surface area (TPSA) is 82.9 Å². The maximum atomic E-state index is 9.87. The maximum Gasteiger partial charge on any atom is 3.00 e. The molecule has 0 aliphatic rings. The van der Waals surface area contributed by atoms with E-state index in [2.05, 4.69) is 0 Å². The van der Waals surface area contributed by atoms with Crippen LogP contribution in [0.25, 0.3) is 0 Å². The summed E-state index contributed by atoms with van der Waals surface area (Å²) in [5, 5.41) is 7.86. The minimum absolute atomic E-state index is 0. The number of hydrogen-bond donors (Lipinski definition) is 1. The van der Waals surface area contributed by atoms with E-state index in [4.69, 9.17) is 5.11 Å². The average Bonchev–Trinajstić information content (AvgIpc) is 1.27. The Morgan fingerprint density at radius 1 is 1.44 bits per heavy atom. The molecule has 0 saturated carbocycles. The summed E-state index contributed by atoms with van der Waals surface area (Å²) in [6.45, 7) is 1.24. The van der Waals surface area contributed by atoms with Crippen LogP contribution >= 0.6 is 0 Å².